The van der Waals surface area contributed by atoms with Gasteiger partial charge in [-0.2, -0.15) is 4.98 Å². The van der Waals surface area contributed by atoms with Gasteiger partial charge >= 0.3 is 0 Å². The van der Waals surface area contributed by atoms with E-state index >= 15 is 0 Å². The standard InChI is InChI=1S/C33H30N8/c1-37-18-20-39(28-12-5-6-17-34-28)31-32(37)41-33(36-31)40(21-19-38(41)2)29-16-15-24-10-7-11-27(30(24)35-29)26-14-13-23-8-3-4-9-25(23)22-26/h3-17,22H,18-21H2,1-2H3. The van der Waals surface area contributed by atoms with E-state index in [0.29, 0.717) is 0 Å². The highest BCUT2D eigenvalue weighted by molar-refractivity contribution is 5.97. The Morgan fingerprint density at radius 1 is 0.634 bits per heavy atom. The first kappa shape index (κ1) is 23.7. The number of likely N-dealkylation sites (N-methyl/N-ethyl adjacent to an activating group) is 2. The second-order valence-corrected chi connectivity index (χ2v) is 10.8. The van der Waals surface area contributed by atoms with E-state index < -0.39 is 0 Å². The van der Waals surface area contributed by atoms with Crippen molar-refractivity contribution in [2.24, 2.45) is 0 Å². The lowest BCUT2D eigenvalue weighted by molar-refractivity contribution is 0.591. The van der Waals surface area contributed by atoms with Crippen LogP contribution in [0.4, 0.5) is 29.2 Å². The van der Waals surface area contributed by atoms with E-state index in [1.165, 1.54) is 16.3 Å². The predicted molar refractivity (Wildman–Crippen MR) is 167 cm³/mol. The van der Waals surface area contributed by atoms with Gasteiger partial charge in [-0.1, -0.05) is 60.7 Å². The van der Waals surface area contributed by atoms with Crippen LogP contribution in [0.3, 0.4) is 0 Å². The largest absolute Gasteiger partial charge is 0.355 e. The van der Waals surface area contributed by atoms with Crippen molar-refractivity contribution < 1.29 is 0 Å². The lowest BCUT2D eigenvalue weighted by Crippen LogP contribution is -2.47. The maximum absolute atomic E-state index is 5.30. The van der Waals surface area contributed by atoms with Gasteiger partial charge in [0.15, 0.2) is 11.6 Å². The van der Waals surface area contributed by atoms with E-state index in [1.54, 1.807) is 0 Å². The Morgan fingerprint density at radius 2 is 1.44 bits per heavy atom. The van der Waals surface area contributed by atoms with Gasteiger partial charge in [-0.05, 0) is 46.7 Å². The molecule has 3 aromatic carbocycles. The van der Waals surface area contributed by atoms with Crippen molar-refractivity contribution in [1.29, 1.82) is 0 Å². The number of para-hydroxylation sites is 1. The molecule has 0 saturated heterocycles. The van der Waals surface area contributed by atoms with Gasteiger partial charge in [-0.25, -0.2) is 14.6 Å². The Balaban J connectivity index is 1.26. The second kappa shape index (κ2) is 9.23. The van der Waals surface area contributed by atoms with Gasteiger partial charge in [-0.3, -0.25) is 4.90 Å². The molecule has 0 amide bonds. The molecule has 2 aliphatic rings. The zero-order valence-corrected chi connectivity index (χ0v) is 23.1. The van der Waals surface area contributed by atoms with Crippen LogP contribution in [0, 0.1) is 0 Å². The number of fused-ring (bicyclic) bond motifs is 5. The third-order valence-corrected chi connectivity index (χ3v) is 8.27. The summed E-state index contributed by atoms with van der Waals surface area (Å²) >= 11 is 0. The molecule has 0 atom stereocenters. The van der Waals surface area contributed by atoms with Crippen LogP contribution >= 0.6 is 0 Å². The highest BCUT2D eigenvalue weighted by atomic mass is 15.7. The third kappa shape index (κ3) is 3.78. The van der Waals surface area contributed by atoms with Gasteiger partial charge < -0.3 is 14.8 Å². The molecular formula is C33H30N8. The van der Waals surface area contributed by atoms with Crippen molar-refractivity contribution >= 4 is 50.9 Å². The van der Waals surface area contributed by atoms with Crippen LogP contribution in [-0.4, -0.2) is 59.9 Å². The van der Waals surface area contributed by atoms with Gasteiger partial charge in [0.2, 0.25) is 5.95 Å². The van der Waals surface area contributed by atoms with Gasteiger partial charge in [-0.15, -0.1) is 0 Å². The lowest BCUT2D eigenvalue weighted by atomic mass is 9.99. The minimum absolute atomic E-state index is 0.788. The first-order valence-corrected chi connectivity index (χ1v) is 14.1. The molecule has 0 fully saturated rings. The molecule has 8 nitrogen and oxygen atoms in total. The minimum atomic E-state index is 0.788. The molecule has 0 radical (unpaired) electrons. The summed E-state index contributed by atoms with van der Waals surface area (Å²) in [5.41, 5.74) is 3.30. The summed E-state index contributed by atoms with van der Waals surface area (Å²) in [6, 6.07) is 31.9. The summed E-state index contributed by atoms with van der Waals surface area (Å²) in [5.74, 6) is 4.67. The topological polar surface area (TPSA) is 56.6 Å². The quantitative estimate of drug-likeness (QED) is 0.276. The molecule has 3 aromatic heterocycles. The van der Waals surface area contributed by atoms with Crippen LogP contribution in [0.5, 0.6) is 0 Å². The van der Waals surface area contributed by atoms with E-state index in [1.807, 2.05) is 24.4 Å². The fourth-order valence-corrected chi connectivity index (χ4v) is 6.12. The zero-order chi connectivity index (χ0) is 27.5. The Bertz CT molecular complexity index is 1910. The normalized spacial score (nSPS) is 15.0. The molecule has 0 aliphatic carbocycles. The molecular weight excluding hydrogens is 508 g/mol. The molecule has 0 N–H and O–H groups in total. The maximum Gasteiger partial charge on any atom is 0.234 e. The predicted octanol–water partition coefficient (Wildman–Crippen LogP) is 5.95. The van der Waals surface area contributed by atoms with Crippen LogP contribution in [0.15, 0.2) is 97.2 Å². The molecule has 2 aliphatic heterocycles. The number of hydrogen-bond donors (Lipinski definition) is 0. The highest BCUT2D eigenvalue weighted by Gasteiger charge is 2.36. The van der Waals surface area contributed by atoms with Crippen LogP contribution in [0.1, 0.15) is 0 Å². The number of hydrogen-bond acceptors (Lipinski definition) is 7. The van der Waals surface area contributed by atoms with Gasteiger partial charge in [0.1, 0.15) is 11.6 Å². The monoisotopic (exact) mass is 538 g/mol. The number of anilines is 5. The fraction of sp³-hybridized carbons (Fsp3) is 0.182. The molecule has 202 valence electrons. The summed E-state index contributed by atoms with van der Waals surface area (Å²) in [7, 11) is 4.27. The van der Waals surface area contributed by atoms with Crippen molar-refractivity contribution in [2.45, 2.75) is 0 Å². The molecule has 8 heteroatoms. The number of rotatable bonds is 3. The first-order valence-electron chi connectivity index (χ1n) is 14.1. The molecule has 5 heterocycles. The molecule has 0 spiro atoms. The molecule has 0 saturated carbocycles. The Labute approximate surface area is 238 Å². The van der Waals surface area contributed by atoms with Crippen LogP contribution in [0.25, 0.3) is 32.8 Å². The van der Waals surface area contributed by atoms with Crippen molar-refractivity contribution in [3.63, 3.8) is 0 Å². The Kier molecular flexibility index (Phi) is 5.35. The zero-order valence-electron chi connectivity index (χ0n) is 23.1. The highest BCUT2D eigenvalue weighted by Crippen LogP contribution is 2.42. The van der Waals surface area contributed by atoms with Crippen molar-refractivity contribution in [1.82, 2.24) is 19.6 Å². The van der Waals surface area contributed by atoms with E-state index in [2.05, 4.69) is 116 Å². The molecule has 0 bridgehead atoms. The maximum atomic E-state index is 5.30. The molecule has 6 aromatic rings. The van der Waals surface area contributed by atoms with Crippen molar-refractivity contribution in [3.8, 4) is 11.1 Å². The Hall–Kier alpha value is -5.11. The van der Waals surface area contributed by atoms with E-state index in [4.69, 9.17) is 9.97 Å². The van der Waals surface area contributed by atoms with Crippen molar-refractivity contribution in [3.05, 3.63) is 97.2 Å². The smallest absolute Gasteiger partial charge is 0.234 e. The Morgan fingerprint density at radius 3 is 2.32 bits per heavy atom. The number of imidazole rings is 1. The average Bonchev–Trinajstić information content (AvgIpc) is 3.43. The lowest BCUT2D eigenvalue weighted by Gasteiger charge is -2.38. The van der Waals surface area contributed by atoms with E-state index in [-0.39, 0.29) is 0 Å². The van der Waals surface area contributed by atoms with Crippen molar-refractivity contribution in [2.75, 3.05) is 60.0 Å². The van der Waals surface area contributed by atoms with Crippen LogP contribution in [-0.2, 0) is 0 Å². The summed E-state index contributed by atoms with van der Waals surface area (Å²) in [4.78, 5) is 21.9. The molecule has 41 heavy (non-hydrogen) atoms. The second-order valence-electron chi connectivity index (χ2n) is 10.8. The summed E-state index contributed by atoms with van der Waals surface area (Å²) in [6.45, 7) is 3.34. The first-order chi connectivity index (χ1) is 20.2. The number of pyridine rings is 2. The molecule has 8 rings (SSSR count). The van der Waals surface area contributed by atoms with Gasteiger partial charge in [0, 0.05) is 50.9 Å². The average molecular weight is 539 g/mol. The van der Waals surface area contributed by atoms with Gasteiger partial charge in [0.25, 0.3) is 0 Å². The van der Waals surface area contributed by atoms with Crippen LogP contribution in [0.2, 0.25) is 0 Å². The minimum Gasteiger partial charge on any atom is -0.355 e. The third-order valence-electron chi connectivity index (χ3n) is 8.27. The van der Waals surface area contributed by atoms with Gasteiger partial charge in [0.05, 0.1) is 12.1 Å². The van der Waals surface area contributed by atoms with E-state index in [9.17, 15) is 0 Å². The van der Waals surface area contributed by atoms with E-state index in [0.717, 1.165) is 71.9 Å². The summed E-state index contributed by atoms with van der Waals surface area (Å²) in [6.07, 6.45) is 1.84. The van der Waals surface area contributed by atoms with Crippen LogP contribution < -0.4 is 19.7 Å². The number of aromatic nitrogens is 4. The number of benzene rings is 3. The SMILES string of the molecule is CN1CCN(c2ccccn2)c2nc3n(c21)N(C)CCN3c1ccc2cccc(-c3ccc4ccccc4c3)c2n1. The summed E-state index contributed by atoms with van der Waals surface area (Å²) in [5, 5.41) is 5.84. The number of nitrogens with zero attached hydrogens (tertiary/aromatic N) is 8. The summed E-state index contributed by atoms with van der Waals surface area (Å²) < 4.78 is 2.23. The molecule has 0 unspecified atom stereocenters. The fourth-order valence-electron chi connectivity index (χ4n) is 6.12.